The second-order valence-corrected chi connectivity index (χ2v) is 22.1. The van der Waals surface area contributed by atoms with Crippen molar-refractivity contribution in [1.29, 1.82) is 0 Å². The third-order valence-electron chi connectivity index (χ3n) is 11.9. The Hall–Kier alpha value is -2.06. The zero-order valence-corrected chi connectivity index (χ0v) is 45.1. The lowest BCUT2D eigenvalue weighted by molar-refractivity contribution is -0.243. The lowest BCUT2D eigenvalue weighted by atomic mass is 9.64. The first kappa shape index (κ1) is 59.5. The molecule has 2 aromatic rings. The summed E-state index contributed by atoms with van der Waals surface area (Å²) in [5, 5.41) is 27.7. The highest BCUT2D eigenvalue weighted by molar-refractivity contribution is 7.98. The van der Waals surface area contributed by atoms with E-state index >= 15 is 0 Å². The van der Waals surface area contributed by atoms with E-state index in [2.05, 4.69) is 10.6 Å². The van der Waals surface area contributed by atoms with Gasteiger partial charge in [0.15, 0.2) is 17.9 Å². The largest absolute Gasteiger partial charge is 0.531 e. The summed E-state index contributed by atoms with van der Waals surface area (Å²) in [7, 11) is -1.58. The first-order valence-electron chi connectivity index (χ1n) is 23.4. The fraction of sp³-hybridized carbons (Fsp3) is 0.638. The van der Waals surface area contributed by atoms with Gasteiger partial charge in [-0.15, -0.1) is 0 Å². The van der Waals surface area contributed by atoms with Gasteiger partial charge in [-0.05, 0) is 99.8 Å². The van der Waals surface area contributed by atoms with Crippen LogP contribution in [0.3, 0.4) is 0 Å². The molecule has 1 unspecified atom stereocenters. The summed E-state index contributed by atoms with van der Waals surface area (Å²) in [6.07, 6.45) is 3.00. The number of carbonyl (C=O) groups excluding carboxylic acids is 5. The van der Waals surface area contributed by atoms with E-state index in [0.29, 0.717) is 53.7 Å². The topological polar surface area (TPSA) is 196 Å². The van der Waals surface area contributed by atoms with Crippen LogP contribution in [0.1, 0.15) is 114 Å². The summed E-state index contributed by atoms with van der Waals surface area (Å²) in [6.45, 7) is 12.0. The van der Waals surface area contributed by atoms with Crippen LogP contribution in [0.4, 0.5) is 0 Å². The van der Waals surface area contributed by atoms with Gasteiger partial charge in [0, 0.05) is 58.6 Å². The SMILES string of the molecule is CC[C@H]1O[C@@H]2OB([C@@H](CC(=O)[C@H](CSC)NC(=O)c3cc(Cl)ccc3Cl)CC(C)C)O[C@@H]2[C@@H](O)[C@@H]1O.CSC[C@H](NC(=O)c1cc(Cl)ccc1Cl)C(=O)C[C@@H](CC(C)C)B1OC(=O)CCCC(C)O1. The summed E-state index contributed by atoms with van der Waals surface area (Å²) in [5.74, 6) is -0.931. The van der Waals surface area contributed by atoms with E-state index in [-0.39, 0.29) is 81.1 Å². The molecule has 69 heavy (non-hydrogen) atoms. The molecule has 2 aromatic carbocycles. The van der Waals surface area contributed by atoms with Crippen LogP contribution in [0.15, 0.2) is 36.4 Å². The number of benzene rings is 2. The Morgan fingerprint density at radius 2 is 1.25 bits per heavy atom. The molecular formula is C47H66B2Cl4N2O12S2. The molecule has 0 spiro atoms. The quantitative estimate of drug-likeness (QED) is 0.0865. The number of hydrogen-bond donors (Lipinski definition) is 4. The molecule has 0 aliphatic carbocycles. The number of ether oxygens (including phenoxy) is 1. The van der Waals surface area contributed by atoms with Crippen LogP contribution >= 0.6 is 69.9 Å². The number of aliphatic hydroxyl groups is 2. The molecule has 3 aliphatic rings. The lowest BCUT2D eigenvalue weighted by Gasteiger charge is -2.38. The van der Waals surface area contributed by atoms with E-state index in [1.807, 2.05) is 54.1 Å². The lowest BCUT2D eigenvalue weighted by Crippen LogP contribution is -2.56. The number of fused-ring (bicyclic) bond motifs is 1. The van der Waals surface area contributed by atoms with Crippen molar-refractivity contribution in [2.24, 2.45) is 11.8 Å². The van der Waals surface area contributed by atoms with Gasteiger partial charge in [-0.3, -0.25) is 24.0 Å². The van der Waals surface area contributed by atoms with Crippen LogP contribution in [-0.2, 0) is 37.7 Å². The zero-order valence-electron chi connectivity index (χ0n) is 40.4. The molecule has 0 radical (unpaired) electrons. The molecule has 382 valence electrons. The molecule has 3 fully saturated rings. The number of aliphatic hydroxyl groups excluding tert-OH is 2. The Morgan fingerprint density at radius 3 is 1.71 bits per heavy atom. The molecule has 4 N–H and O–H groups in total. The summed E-state index contributed by atoms with van der Waals surface area (Å²) in [5.41, 5.74) is 0.413. The fourth-order valence-electron chi connectivity index (χ4n) is 8.47. The highest BCUT2D eigenvalue weighted by Gasteiger charge is 2.54. The van der Waals surface area contributed by atoms with E-state index in [1.165, 1.54) is 41.7 Å². The van der Waals surface area contributed by atoms with Gasteiger partial charge in [-0.1, -0.05) is 81.0 Å². The van der Waals surface area contributed by atoms with E-state index in [0.717, 1.165) is 6.42 Å². The average molecular weight is 1080 g/mol. The number of thioether (sulfide) groups is 2. The Balaban J connectivity index is 0.000000302. The third-order valence-corrected chi connectivity index (χ3v) is 14.3. The standard InChI is InChI=1S/C24H34BCl2NO7S.C23H32BCl2NO5S/c1-5-19-20(30)21(31)22-24(33-19)35-25(34-22)13(8-12(2)3)9-18(29)17(11-36-4)28-23(32)15-10-14(26)6-7-16(15)27;1-14(2)10-16(24-31-15(3)6-5-7-22(29)32-24)11-21(28)20(13-33-4)27-23(30)18-12-17(25)8-9-19(18)26/h6-7,10,12-13,17,19-22,24,30-31H,5,8-9,11H2,1-4H3,(H,28,32);8-9,12,14-16,20H,5-7,10-11,13H2,1-4H3,(H,27,30)/t13-,17+,19-,20-,21+,22-,24-;15?,16-,20+/m11/s1. The van der Waals surface area contributed by atoms with Crippen molar-refractivity contribution >= 4 is 114 Å². The van der Waals surface area contributed by atoms with Gasteiger partial charge in [-0.25, -0.2) is 0 Å². The molecule has 3 saturated heterocycles. The molecule has 10 atom stereocenters. The van der Waals surface area contributed by atoms with Crippen LogP contribution in [0.25, 0.3) is 0 Å². The van der Waals surface area contributed by atoms with Crippen molar-refractivity contribution < 1.29 is 57.5 Å². The number of ketones is 2. The van der Waals surface area contributed by atoms with Gasteiger partial charge >= 0.3 is 14.2 Å². The highest BCUT2D eigenvalue weighted by atomic mass is 35.5. The minimum absolute atomic E-state index is 0.0699. The molecule has 2 amide bonds. The van der Waals surface area contributed by atoms with Crippen LogP contribution in [-0.4, -0.2) is 127 Å². The summed E-state index contributed by atoms with van der Waals surface area (Å²) in [6, 6.07) is 7.73. The van der Waals surface area contributed by atoms with E-state index in [4.69, 9.17) is 69.8 Å². The van der Waals surface area contributed by atoms with Crippen molar-refractivity contribution in [2.75, 3.05) is 24.0 Å². The fourth-order valence-corrected chi connectivity index (χ4v) is 10.4. The number of rotatable bonds is 21. The Bertz CT molecular complexity index is 2050. The monoisotopic (exact) mass is 1080 g/mol. The number of amides is 2. The maximum Gasteiger partial charge on any atom is 0.531 e. The molecule has 0 saturated carbocycles. The smallest absolute Gasteiger partial charge is 0.509 e. The molecule has 14 nitrogen and oxygen atoms in total. The molecule has 3 aliphatic heterocycles. The molecule has 0 bridgehead atoms. The van der Waals surface area contributed by atoms with Crippen molar-refractivity contribution in [1.82, 2.24) is 10.6 Å². The van der Waals surface area contributed by atoms with Crippen LogP contribution in [0.2, 0.25) is 31.7 Å². The zero-order chi connectivity index (χ0) is 51.1. The van der Waals surface area contributed by atoms with E-state index < -0.39 is 68.8 Å². The Labute approximate surface area is 436 Å². The van der Waals surface area contributed by atoms with Gasteiger partial charge in [0.1, 0.15) is 18.3 Å². The van der Waals surface area contributed by atoms with E-state index in [1.54, 1.807) is 18.2 Å². The van der Waals surface area contributed by atoms with Crippen molar-refractivity contribution in [3.8, 4) is 0 Å². The number of hydrogen-bond acceptors (Lipinski definition) is 14. The molecule has 3 heterocycles. The van der Waals surface area contributed by atoms with Gasteiger partial charge in [0.2, 0.25) is 0 Å². The molecule has 5 rings (SSSR count). The molecular weight excluding hydrogens is 1010 g/mol. The number of halogens is 4. The van der Waals surface area contributed by atoms with Crippen molar-refractivity contribution in [3.05, 3.63) is 67.6 Å². The van der Waals surface area contributed by atoms with Gasteiger partial charge in [0.05, 0.1) is 39.4 Å². The predicted molar refractivity (Wildman–Crippen MR) is 277 cm³/mol. The third kappa shape index (κ3) is 18.1. The second kappa shape index (κ2) is 29.0. The van der Waals surface area contributed by atoms with Gasteiger partial charge in [0.25, 0.3) is 17.8 Å². The summed E-state index contributed by atoms with van der Waals surface area (Å²) in [4.78, 5) is 64.6. The van der Waals surface area contributed by atoms with Crippen molar-refractivity contribution in [2.45, 2.75) is 153 Å². The highest BCUT2D eigenvalue weighted by Crippen LogP contribution is 2.38. The van der Waals surface area contributed by atoms with Gasteiger partial charge in [-0.2, -0.15) is 23.5 Å². The maximum atomic E-state index is 13.4. The van der Waals surface area contributed by atoms with Gasteiger partial charge < -0.3 is 44.2 Å². The molecule has 22 heteroatoms. The normalized spacial score (nSPS) is 23.4. The Morgan fingerprint density at radius 1 is 0.754 bits per heavy atom. The van der Waals surface area contributed by atoms with Crippen LogP contribution in [0, 0.1) is 11.8 Å². The summed E-state index contributed by atoms with van der Waals surface area (Å²) < 4.78 is 29.4. The first-order valence-corrected chi connectivity index (χ1v) is 27.7. The predicted octanol–water partition coefficient (Wildman–Crippen LogP) is 9.04. The first-order chi connectivity index (χ1) is 32.6. The summed E-state index contributed by atoms with van der Waals surface area (Å²) >= 11 is 27.2. The minimum Gasteiger partial charge on any atom is -0.509 e. The van der Waals surface area contributed by atoms with Crippen LogP contribution in [0.5, 0.6) is 0 Å². The van der Waals surface area contributed by atoms with Crippen LogP contribution < -0.4 is 10.6 Å². The minimum atomic E-state index is -1.15. The number of Topliss-reactive ketones (excluding diaryl/α,β-unsaturated/α-hetero) is 2. The Kier molecular flexibility index (Phi) is 25.0. The average Bonchev–Trinajstić information content (AvgIpc) is 3.72. The number of carbonyl (C=O) groups is 5. The van der Waals surface area contributed by atoms with Crippen molar-refractivity contribution in [3.63, 3.8) is 0 Å². The molecule has 0 aromatic heterocycles. The second-order valence-electron chi connectivity index (χ2n) is 18.6. The number of nitrogens with one attached hydrogen (secondary N) is 2. The maximum absolute atomic E-state index is 13.4. The van der Waals surface area contributed by atoms with E-state index in [9.17, 15) is 34.2 Å².